The minimum Gasteiger partial charge on any atom is -0.496 e. The van der Waals surface area contributed by atoms with Gasteiger partial charge < -0.3 is 10.1 Å². The lowest BCUT2D eigenvalue weighted by molar-refractivity contribution is 0.107. The number of rotatable bonds is 6. The van der Waals surface area contributed by atoms with E-state index in [4.69, 9.17) is 4.74 Å². The lowest BCUT2D eigenvalue weighted by atomic mass is 9.85. The summed E-state index contributed by atoms with van der Waals surface area (Å²) in [5.74, 6) is 0.824. The first-order valence-corrected chi connectivity index (χ1v) is 10.9. The molecule has 2 atom stereocenters. The third kappa shape index (κ3) is 4.35. The van der Waals surface area contributed by atoms with Crippen LogP contribution in [0.3, 0.4) is 0 Å². The molecule has 3 rings (SSSR count). The number of likely N-dealkylation sites (N-methyl/N-ethyl adjacent to an activating group) is 1. The van der Waals surface area contributed by atoms with Crippen LogP contribution in [0.5, 0.6) is 5.75 Å². The van der Waals surface area contributed by atoms with Crippen LogP contribution in [-0.4, -0.2) is 35.1 Å². The van der Waals surface area contributed by atoms with Gasteiger partial charge in [0.2, 0.25) is 0 Å². The van der Waals surface area contributed by atoms with Crippen molar-refractivity contribution in [3.63, 3.8) is 0 Å². The van der Waals surface area contributed by atoms with Gasteiger partial charge in [0.25, 0.3) is 5.12 Å². The predicted octanol–water partition coefficient (Wildman–Crippen LogP) is 2.89. The number of ether oxygens (including phenoxy) is 1. The smallest absolute Gasteiger partial charge is 0.264 e. The molecule has 2 unspecified atom stereocenters. The first-order chi connectivity index (χ1) is 12.6. The molecule has 5 nitrogen and oxygen atoms in total. The summed E-state index contributed by atoms with van der Waals surface area (Å²) in [6.07, 6.45) is 8.17. The van der Waals surface area contributed by atoms with E-state index in [0.29, 0.717) is 11.6 Å². The average Bonchev–Trinajstić information content (AvgIpc) is 2.67. The molecule has 1 fully saturated rings. The zero-order valence-electron chi connectivity index (χ0n) is 15.8. The highest BCUT2D eigenvalue weighted by Gasteiger charge is 2.28. The molecule has 0 aliphatic heterocycles. The van der Waals surface area contributed by atoms with Gasteiger partial charge in [0, 0.05) is 17.6 Å². The third-order valence-corrected chi connectivity index (χ3v) is 6.67. The molecule has 0 saturated heterocycles. The normalized spacial score (nSPS) is 21.8. The number of nitrogens with one attached hydrogen (secondary N) is 2. The van der Waals surface area contributed by atoms with Crippen LogP contribution in [0.15, 0.2) is 12.1 Å². The number of hydrogen-bond donors (Lipinski definition) is 2. The Morgan fingerprint density at radius 2 is 1.92 bits per heavy atom. The second-order valence-corrected chi connectivity index (χ2v) is 8.42. The van der Waals surface area contributed by atoms with Gasteiger partial charge >= 0.3 is 0 Å². The second kappa shape index (κ2) is 9.11. The molecule has 1 aromatic rings. The van der Waals surface area contributed by atoms with E-state index in [1.807, 2.05) is 6.07 Å². The Balaban J connectivity index is 1.80. The Hall–Kier alpha value is -1.24. The number of fused-ring (bicyclic) bond motifs is 1. The number of benzene rings is 1. The predicted molar refractivity (Wildman–Crippen MR) is 105 cm³/mol. The molecule has 0 bridgehead atoms. The zero-order valence-corrected chi connectivity index (χ0v) is 16.6. The molecule has 0 aromatic heterocycles. The Morgan fingerprint density at radius 3 is 2.62 bits per heavy atom. The molecule has 0 radical (unpaired) electrons. The SMILES string of the molecule is CCNC1CCc2c(C(=O)S(=O)NC3CCCCC3)ccc(OC)c2C1. The number of methoxy groups -OCH3 is 1. The van der Waals surface area contributed by atoms with Crippen LogP contribution in [-0.2, 0) is 23.8 Å². The Bertz CT molecular complexity index is 671. The highest BCUT2D eigenvalue weighted by atomic mass is 32.2. The van der Waals surface area contributed by atoms with Crippen molar-refractivity contribution in [1.82, 2.24) is 10.0 Å². The molecule has 6 heteroatoms. The fourth-order valence-electron chi connectivity index (χ4n) is 4.22. The van der Waals surface area contributed by atoms with Gasteiger partial charge in [-0.3, -0.25) is 4.79 Å². The highest BCUT2D eigenvalue weighted by molar-refractivity contribution is 7.99. The molecular formula is C20H30N2O3S. The van der Waals surface area contributed by atoms with Gasteiger partial charge in [-0.25, -0.2) is 8.93 Å². The molecule has 1 saturated carbocycles. The summed E-state index contributed by atoms with van der Waals surface area (Å²) in [6, 6.07) is 4.23. The van der Waals surface area contributed by atoms with Gasteiger partial charge in [0.15, 0.2) is 11.0 Å². The van der Waals surface area contributed by atoms with Crippen LogP contribution in [0.1, 0.15) is 66.9 Å². The highest BCUT2D eigenvalue weighted by Crippen LogP contribution is 2.33. The maximum absolute atomic E-state index is 12.9. The summed E-state index contributed by atoms with van der Waals surface area (Å²) in [5, 5.41) is 3.19. The average molecular weight is 379 g/mol. The van der Waals surface area contributed by atoms with E-state index >= 15 is 0 Å². The molecule has 0 heterocycles. The van der Waals surface area contributed by atoms with Crippen molar-refractivity contribution in [1.29, 1.82) is 0 Å². The fraction of sp³-hybridized carbons (Fsp3) is 0.650. The lowest BCUT2D eigenvalue weighted by Gasteiger charge is -2.28. The van der Waals surface area contributed by atoms with Crippen LogP contribution in [0.25, 0.3) is 0 Å². The molecule has 2 aliphatic rings. The van der Waals surface area contributed by atoms with E-state index < -0.39 is 11.0 Å². The summed E-state index contributed by atoms with van der Waals surface area (Å²) in [6.45, 7) is 3.03. The van der Waals surface area contributed by atoms with Crippen LogP contribution in [0.4, 0.5) is 0 Å². The van der Waals surface area contributed by atoms with E-state index in [1.54, 1.807) is 13.2 Å². The third-order valence-electron chi connectivity index (χ3n) is 5.56. The van der Waals surface area contributed by atoms with E-state index in [0.717, 1.165) is 68.4 Å². The van der Waals surface area contributed by atoms with Crippen molar-refractivity contribution in [2.24, 2.45) is 0 Å². The molecule has 2 N–H and O–H groups in total. The summed E-state index contributed by atoms with van der Waals surface area (Å²) in [5.41, 5.74) is 2.70. The number of carbonyl (C=O) groups is 1. The maximum Gasteiger partial charge on any atom is 0.264 e. The second-order valence-electron chi connectivity index (χ2n) is 7.28. The first-order valence-electron chi connectivity index (χ1n) is 9.78. The molecule has 0 spiro atoms. The summed E-state index contributed by atoms with van der Waals surface area (Å²) >= 11 is 0. The monoisotopic (exact) mass is 378 g/mol. The van der Waals surface area contributed by atoms with E-state index in [-0.39, 0.29) is 11.2 Å². The van der Waals surface area contributed by atoms with E-state index in [9.17, 15) is 9.00 Å². The van der Waals surface area contributed by atoms with Crippen molar-refractivity contribution < 1.29 is 13.7 Å². The Labute approximate surface area is 158 Å². The minimum absolute atomic E-state index is 0.195. The minimum atomic E-state index is -1.68. The summed E-state index contributed by atoms with van der Waals surface area (Å²) < 4.78 is 21.2. The van der Waals surface area contributed by atoms with Crippen molar-refractivity contribution in [3.05, 3.63) is 28.8 Å². The lowest BCUT2D eigenvalue weighted by Crippen LogP contribution is -2.37. The number of hydrogen-bond acceptors (Lipinski definition) is 4. The first kappa shape index (κ1) is 19.5. The molecule has 144 valence electrons. The van der Waals surface area contributed by atoms with Gasteiger partial charge in [-0.2, -0.15) is 0 Å². The van der Waals surface area contributed by atoms with E-state index in [1.165, 1.54) is 6.42 Å². The maximum atomic E-state index is 12.9. The number of carbonyl (C=O) groups excluding carboxylic acids is 1. The van der Waals surface area contributed by atoms with Gasteiger partial charge in [0.1, 0.15) is 5.75 Å². The van der Waals surface area contributed by atoms with Crippen molar-refractivity contribution >= 4 is 16.1 Å². The van der Waals surface area contributed by atoms with Gasteiger partial charge in [0.05, 0.1) is 7.11 Å². The van der Waals surface area contributed by atoms with Crippen molar-refractivity contribution in [3.8, 4) is 5.75 Å². The quantitative estimate of drug-likeness (QED) is 0.799. The molecule has 26 heavy (non-hydrogen) atoms. The zero-order chi connectivity index (χ0) is 18.5. The Morgan fingerprint density at radius 1 is 1.15 bits per heavy atom. The molecule has 0 amide bonds. The van der Waals surface area contributed by atoms with Gasteiger partial charge in [-0.05, 0) is 61.9 Å². The Kier molecular flexibility index (Phi) is 6.84. The van der Waals surface area contributed by atoms with Crippen LogP contribution >= 0.6 is 0 Å². The van der Waals surface area contributed by atoms with Crippen LogP contribution in [0.2, 0.25) is 0 Å². The molecule has 1 aromatic carbocycles. The topological polar surface area (TPSA) is 67.4 Å². The largest absolute Gasteiger partial charge is 0.496 e. The molecular weight excluding hydrogens is 348 g/mol. The summed E-state index contributed by atoms with van der Waals surface area (Å²) in [7, 11) is -0.0139. The van der Waals surface area contributed by atoms with Gasteiger partial charge in [-0.1, -0.05) is 26.2 Å². The van der Waals surface area contributed by atoms with Gasteiger partial charge in [-0.15, -0.1) is 0 Å². The summed E-state index contributed by atoms with van der Waals surface area (Å²) in [4.78, 5) is 12.9. The fourth-order valence-corrected chi connectivity index (χ4v) is 5.25. The van der Waals surface area contributed by atoms with Crippen molar-refractivity contribution in [2.75, 3.05) is 13.7 Å². The van der Waals surface area contributed by atoms with Crippen LogP contribution in [0, 0.1) is 0 Å². The van der Waals surface area contributed by atoms with E-state index in [2.05, 4.69) is 17.0 Å². The standard InChI is InChI=1S/C20H30N2O3S/c1-3-21-15-9-10-16-17(11-12-19(25-2)18(16)13-15)20(23)26(24)22-14-7-5-4-6-8-14/h11-12,14-15,21-22H,3-10,13H2,1-2H3. The van der Waals surface area contributed by atoms with Crippen molar-refractivity contribution in [2.45, 2.75) is 70.4 Å². The molecule has 2 aliphatic carbocycles. The van der Waals surface area contributed by atoms with Crippen LogP contribution < -0.4 is 14.8 Å².